The lowest BCUT2D eigenvalue weighted by Gasteiger charge is -2.33. The van der Waals surface area contributed by atoms with Crippen molar-refractivity contribution >= 4 is 0 Å². The fourth-order valence-corrected chi connectivity index (χ4v) is 1.62. The highest BCUT2D eigenvalue weighted by atomic mass is 16.3. The second kappa shape index (κ2) is 7.21. The van der Waals surface area contributed by atoms with Crippen LogP contribution in [0.3, 0.4) is 0 Å². The standard InChI is InChI=1S/C11H26N2O/c1-5-11(3,9-12-6-2)10-13(4)7-8-14/h12,14H,5-10H2,1-4H3. The fourth-order valence-electron chi connectivity index (χ4n) is 1.62. The van der Waals surface area contributed by atoms with E-state index in [1.54, 1.807) is 0 Å². The van der Waals surface area contributed by atoms with Crippen LogP contribution in [0.1, 0.15) is 27.2 Å². The van der Waals surface area contributed by atoms with Crippen LogP contribution in [0.25, 0.3) is 0 Å². The van der Waals surface area contributed by atoms with Gasteiger partial charge < -0.3 is 15.3 Å². The van der Waals surface area contributed by atoms with Gasteiger partial charge in [-0.25, -0.2) is 0 Å². The molecule has 0 saturated heterocycles. The summed E-state index contributed by atoms with van der Waals surface area (Å²) in [5.74, 6) is 0. The Morgan fingerprint density at radius 2 is 2.00 bits per heavy atom. The van der Waals surface area contributed by atoms with E-state index in [2.05, 4.69) is 38.0 Å². The summed E-state index contributed by atoms with van der Waals surface area (Å²) in [4.78, 5) is 2.20. The molecule has 0 saturated carbocycles. The van der Waals surface area contributed by atoms with Gasteiger partial charge in [0.2, 0.25) is 0 Å². The van der Waals surface area contributed by atoms with E-state index >= 15 is 0 Å². The molecule has 0 aromatic rings. The molecule has 1 unspecified atom stereocenters. The van der Waals surface area contributed by atoms with Gasteiger partial charge in [-0.1, -0.05) is 20.8 Å². The van der Waals surface area contributed by atoms with Gasteiger partial charge in [-0.15, -0.1) is 0 Å². The van der Waals surface area contributed by atoms with Crippen molar-refractivity contribution in [3.8, 4) is 0 Å². The largest absolute Gasteiger partial charge is 0.395 e. The van der Waals surface area contributed by atoms with Crippen molar-refractivity contribution in [1.82, 2.24) is 10.2 Å². The van der Waals surface area contributed by atoms with Gasteiger partial charge in [0, 0.05) is 19.6 Å². The van der Waals surface area contributed by atoms with E-state index in [-0.39, 0.29) is 6.61 Å². The summed E-state index contributed by atoms with van der Waals surface area (Å²) in [6, 6.07) is 0. The molecule has 86 valence electrons. The topological polar surface area (TPSA) is 35.5 Å². The van der Waals surface area contributed by atoms with Crippen molar-refractivity contribution in [2.24, 2.45) is 5.41 Å². The minimum absolute atomic E-state index is 0.248. The highest BCUT2D eigenvalue weighted by molar-refractivity contribution is 4.78. The smallest absolute Gasteiger partial charge is 0.0558 e. The Labute approximate surface area is 88.5 Å². The van der Waals surface area contributed by atoms with E-state index in [4.69, 9.17) is 5.11 Å². The number of nitrogens with zero attached hydrogens (tertiary/aromatic N) is 1. The van der Waals surface area contributed by atoms with Crippen molar-refractivity contribution in [1.29, 1.82) is 0 Å². The van der Waals surface area contributed by atoms with E-state index in [9.17, 15) is 0 Å². The van der Waals surface area contributed by atoms with Crippen molar-refractivity contribution in [3.05, 3.63) is 0 Å². The maximum Gasteiger partial charge on any atom is 0.0558 e. The van der Waals surface area contributed by atoms with Crippen molar-refractivity contribution in [2.75, 3.05) is 39.8 Å². The molecule has 1 atom stereocenters. The Hall–Kier alpha value is -0.120. The van der Waals surface area contributed by atoms with E-state index in [1.165, 1.54) is 0 Å². The Kier molecular flexibility index (Phi) is 7.15. The predicted molar refractivity (Wildman–Crippen MR) is 61.5 cm³/mol. The predicted octanol–water partition coefficient (Wildman–Crippen LogP) is 0.936. The van der Waals surface area contributed by atoms with Crippen LogP contribution < -0.4 is 5.32 Å². The first-order valence-electron chi connectivity index (χ1n) is 5.58. The summed E-state index contributed by atoms with van der Waals surface area (Å²) >= 11 is 0. The van der Waals surface area contributed by atoms with Gasteiger partial charge in [0.25, 0.3) is 0 Å². The SMILES string of the molecule is CCNCC(C)(CC)CN(C)CCO. The van der Waals surface area contributed by atoms with Gasteiger partial charge in [0.1, 0.15) is 0 Å². The maximum atomic E-state index is 8.82. The molecular formula is C11H26N2O. The molecule has 3 heteroatoms. The van der Waals surface area contributed by atoms with E-state index < -0.39 is 0 Å². The minimum atomic E-state index is 0.248. The van der Waals surface area contributed by atoms with E-state index in [0.29, 0.717) is 5.41 Å². The third kappa shape index (κ3) is 5.58. The van der Waals surface area contributed by atoms with Crippen LogP contribution in [0.2, 0.25) is 0 Å². The number of aliphatic hydroxyl groups is 1. The maximum absolute atomic E-state index is 8.82. The molecule has 0 aromatic carbocycles. The van der Waals surface area contributed by atoms with Crippen LogP contribution in [-0.4, -0.2) is 49.8 Å². The Balaban J connectivity index is 3.96. The Bertz CT molecular complexity index is 141. The zero-order valence-corrected chi connectivity index (χ0v) is 10.1. The number of likely N-dealkylation sites (N-methyl/N-ethyl adjacent to an activating group) is 1. The second-order valence-corrected chi connectivity index (χ2v) is 4.41. The number of hydrogen-bond donors (Lipinski definition) is 2. The number of aliphatic hydroxyl groups excluding tert-OH is 1. The molecule has 0 bridgehead atoms. The molecule has 0 amide bonds. The van der Waals surface area contributed by atoms with Crippen LogP contribution in [-0.2, 0) is 0 Å². The van der Waals surface area contributed by atoms with E-state index in [1.807, 2.05) is 0 Å². The van der Waals surface area contributed by atoms with Crippen molar-refractivity contribution in [3.63, 3.8) is 0 Å². The molecule has 3 nitrogen and oxygen atoms in total. The van der Waals surface area contributed by atoms with Crippen LogP contribution in [0, 0.1) is 5.41 Å². The average molecular weight is 202 g/mol. The lowest BCUT2D eigenvalue weighted by Crippen LogP contribution is -2.41. The normalized spacial score (nSPS) is 15.9. The summed E-state index contributed by atoms with van der Waals surface area (Å²) in [5, 5.41) is 12.2. The van der Waals surface area contributed by atoms with E-state index in [0.717, 1.165) is 32.6 Å². The van der Waals surface area contributed by atoms with Gasteiger partial charge in [0.15, 0.2) is 0 Å². The molecule has 0 spiro atoms. The highest BCUT2D eigenvalue weighted by Crippen LogP contribution is 2.20. The van der Waals surface area contributed by atoms with Gasteiger partial charge in [0.05, 0.1) is 6.61 Å². The second-order valence-electron chi connectivity index (χ2n) is 4.41. The van der Waals surface area contributed by atoms with Crippen LogP contribution in [0.5, 0.6) is 0 Å². The first kappa shape index (κ1) is 13.9. The first-order chi connectivity index (χ1) is 6.58. The minimum Gasteiger partial charge on any atom is -0.395 e. The molecule has 0 rings (SSSR count). The molecule has 0 aromatic heterocycles. The summed E-state index contributed by atoms with van der Waals surface area (Å²) < 4.78 is 0. The zero-order valence-electron chi connectivity index (χ0n) is 10.1. The molecule has 0 heterocycles. The average Bonchev–Trinajstić information content (AvgIpc) is 2.15. The summed E-state index contributed by atoms with van der Waals surface area (Å²) in [6.07, 6.45) is 1.16. The van der Waals surface area contributed by atoms with Gasteiger partial charge in [-0.3, -0.25) is 0 Å². The monoisotopic (exact) mass is 202 g/mol. The number of nitrogens with one attached hydrogen (secondary N) is 1. The quantitative estimate of drug-likeness (QED) is 0.615. The summed E-state index contributed by atoms with van der Waals surface area (Å²) in [6.45, 7) is 10.8. The lowest BCUT2D eigenvalue weighted by molar-refractivity contribution is 0.152. The first-order valence-corrected chi connectivity index (χ1v) is 5.58. The lowest BCUT2D eigenvalue weighted by atomic mass is 9.87. The van der Waals surface area contributed by atoms with Crippen LogP contribution in [0.4, 0.5) is 0 Å². The molecule has 0 aliphatic heterocycles. The molecule has 0 aliphatic carbocycles. The summed E-state index contributed by atoms with van der Waals surface area (Å²) in [7, 11) is 2.07. The van der Waals surface area contributed by atoms with Crippen molar-refractivity contribution in [2.45, 2.75) is 27.2 Å². The zero-order chi connectivity index (χ0) is 11.0. The van der Waals surface area contributed by atoms with Crippen LogP contribution in [0.15, 0.2) is 0 Å². The molecular weight excluding hydrogens is 176 g/mol. The molecule has 0 aliphatic rings. The molecule has 2 N–H and O–H groups in total. The fraction of sp³-hybridized carbons (Fsp3) is 1.00. The third-order valence-electron chi connectivity index (χ3n) is 2.79. The third-order valence-corrected chi connectivity index (χ3v) is 2.79. The summed E-state index contributed by atoms with van der Waals surface area (Å²) in [5.41, 5.74) is 0.319. The Morgan fingerprint density at radius 3 is 2.43 bits per heavy atom. The van der Waals surface area contributed by atoms with Crippen LogP contribution >= 0.6 is 0 Å². The molecule has 0 fully saturated rings. The molecule has 0 radical (unpaired) electrons. The van der Waals surface area contributed by atoms with Gasteiger partial charge in [-0.2, -0.15) is 0 Å². The number of rotatable bonds is 8. The highest BCUT2D eigenvalue weighted by Gasteiger charge is 2.22. The van der Waals surface area contributed by atoms with Gasteiger partial charge in [-0.05, 0) is 25.4 Å². The van der Waals surface area contributed by atoms with Gasteiger partial charge >= 0.3 is 0 Å². The molecule has 14 heavy (non-hydrogen) atoms. The number of hydrogen-bond acceptors (Lipinski definition) is 3. The Morgan fingerprint density at radius 1 is 1.36 bits per heavy atom. The van der Waals surface area contributed by atoms with Crippen molar-refractivity contribution < 1.29 is 5.11 Å².